The van der Waals surface area contributed by atoms with Gasteiger partial charge in [0.2, 0.25) is 0 Å². The number of hydrogen-bond acceptors (Lipinski definition) is 4. The first-order chi connectivity index (χ1) is 9.65. The van der Waals surface area contributed by atoms with Crippen molar-refractivity contribution in [3.05, 3.63) is 53.6 Å². The predicted molar refractivity (Wildman–Crippen MR) is 77.9 cm³/mol. The van der Waals surface area contributed by atoms with Gasteiger partial charge in [-0.05, 0) is 11.0 Å². The van der Waals surface area contributed by atoms with Gasteiger partial charge in [-0.3, -0.25) is 4.98 Å². The molecule has 20 heavy (non-hydrogen) atoms. The lowest BCUT2D eigenvalue weighted by atomic mass is 9.80. The molecule has 3 rings (SSSR count). The van der Waals surface area contributed by atoms with Crippen molar-refractivity contribution >= 4 is 35.2 Å². The van der Waals surface area contributed by atoms with Crippen LogP contribution in [0.4, 0.5) is 0 Å². The van der Waals surface area contributed by atoms with Gasteiger partial charge in [0.25, 0.3) is 0 Å². The van der Waals surface area contributed by atoms with Gasteiger partial charge in [-0.15, -0.1) is 0 Å². The van der Waals surface area contributed by atoms with E-state index in [2.05, 4.69) is 9.97 Å². The molecule has 0 spiro atoms. The van der Waals surface area contributed by atoms with Crippen LogP contribution in [0, 0.1) is 0 Å². The number of imidazole rings is 1. The predicted octanol–water partition coefficient (Wildman–Crippen LogP) is 0.813. The molecule has 5 nitrogen and oxygen atoms in total. The van der Waals surface area contributed by atoms with Gasteiger partial charge in [0.15, 0.2) is 0 Å². The van der Waals surface area contributed by atoms with Crippen molar-refractivity contribution < 1.29 is 10.0 Å². The van der Waals surface area contributed by atoms with E-state index in [9.17, 15) is 0 Å². The van der Waals surface area contributed by atoms with Crippen LogP contribution < -0.4 is 5.46 Å². The molecular weight excluding hydrogens is 276 g/mol. The van der Waals surface area contributed by atoms with Crippen molar-refractivity contribution in [2.75, 3.05) is 0 Å². The Morgan fingerprint density at radius 3 is 2.60 bits per heavy atom. The van der Waals surface area contributed by atoms with Crippen molar-refractivity contribution in [1.29, 1.82) is 0 Å². The minimum atomic E-state index is -1.45. The quantitative estimate of drug-likeness (QED) is 0.700. The fourth-order valence-electron chi connectivity index (χ4n) is 2.10. The monoisotopic (exact) mass is 287 g/mol. The van der Waals surface area contributed by atoms with Gasteiger partial charge in [0.1, 0.15) is 5.52 Å². The Balaban J connectivity index is 1.93. The molecule has 2 N–H and O–H groups in total. The zero-order chi connectivity index (χ0) is 14.1. The first-order valence-electron chi connectivity index (χ1n) is 6.04. The first-order valence-corrected chi connectivity index (χ1v) is 6.42. The summed E-state index contributed by atoms with van der Waals surface area (Å²) in [5, 5.41) is 18.7. The molecule has 0 aliphatic carbocycles. The number of hydrogen-bond donors (Lipinski definition) is 2. The third-order valence-corrected chi connectivity index (χ3v) is 3.38. The number of nitrogens with zero attached hydrogens (tertiary/aromatic N) is 3. The molecule has 0 unspecified atom stereocenters. The highest BCUT2D eigenvalue weighted by Crippen LogP contribution is 2.21. The lowest BCUT2D eigenvalue weighted by molar-refractivity contribution is 0.426. The second-order valence-corrected chi connectivity index (χ2v) is 4.88. The number of pyridine rings is 1. The Morgan fingerprint density at radius 2 is 1.90 bits per heavy atom. The van der Waals surface area contributed by atoms with E-state index in [0.29, 0.717) is 17.0 Å². The fourth-order valence-corrected chi connectivity index (χ4v) is 2.36. The maximum atomic E-state index is 9.06. The molecule has 7 heteroatoms. The molecule has 100 valence electrons. The van der Waals surface area contributed by atoms with Crippen LogP contribution in [0.15, 0.2) is 43.0 Å². The van der Waals surface area contributed by atoms with Gasteiger partial charge in [0.05, 0.1) is 23.1 Å². The van der Waals surface area contributed by atoms with Crippen LogP contribution in [0.25, 0.3) is 11.0 Å². The summed E-state index contributed by atoms with van der Waals surface area (Å²) in [5.41, 5.74) is 3.07. The molecule has 3 aromatic rings. The topological polar surface area (TPSA) is 71.2 Å². The second-order valence-electron chi connectivity index (χ2n) is 4.48. The molecule has 0 saturated heterocycles. The molecule has 0 radical (unpaired) electrons. The molecule has 2 heterocycles. The minimum Gasteiger partial charge on any atom is -0.423 e. The van der Waals surface area contributed by atoms with E-state index in [0.717, 1.165) is 16.6 Å². The van der Waals surface area contributed by atoms with E-state index in [1.807, 2.05) is 16.7 Å². The third-order valence-electron chi connectivity index (χ3n) is 3.11. The zero-order valence-corrected chi connectivity index (χ0v) is 11.2. The highest BCUT2D eigenvalue weighted by atomic mass is 35.5. The van der Waals surface area contributed by atoms with Gasteiger partial charge >= 0.3 is 7.12 Å². The largest absolute Gasteiger partial charge is 0.488 e. The van der Waals surface area contributed by atoms with E-state index >= 15 is 0 Å². The van der Waals surface area contributed by atoms with Crippen molar-refractivity contribution in [2.24, 2.45) is 0 Å². The molecule has 0 bridgehead atoms. The van der Waals surface area contributed by atoms with E-state index < -0.39 is 7.12 Å². The summed E-state index contributed by atoms with van der Waals surface area (Å²) in [5.74, 6) is 0. The van der Waals surface area contributed by atoms with Crippen LogP contribution in [-0.2, 0) is 6.54 Å². The summed E-state index contributed by atoms with van der Waals surface area (Å²) >= 11 is 6.15. The number of aromatic nitrogens is 3. The Kier molecular flexibility index (Phi) is 3.44. The van der Waals surface area contributed by atoms with Gasteiger partial charge < -0.3 is 14.6 Å². The van der Waals surface area contributed by atoms with E-state index in [1.54, 1.807) is 30.9 Å². The molecular formula is C13H11BClN3O2. The molecule has 0 amide bonds. The second kappa shape index (κ2) is 5.24. The minimum absolute atomic E-state index is 0.464. The maximum absolute atomic E-state index is 9.06. The van der Waals surface area contributed by atoms with Gasteiger partial charge in [0, 0.05) is 12.7 Å². The van der Waals surface area contributed by atoms with Crippen molar-refractivity contribution in [2.45, 2.75) is 6.54 Å². The molecule has 0 aliphatic heterocycles. The normalized spacial score (nSPS) is 10.9. The molecule has 0 saturated carbocycles. The van der Waals surface area contributed by atoms with Crippen molar-refractivity contribution in [3.8, 4) is 0 Å². The van der Waals surface area contributed by atoms with E-state index in [1.165, 1.54) is 0 Å². The van der Waals surface area contributed by atoms with Gasteiger partial charge in [-0.2, -0.15) is 0 Å². The SMILES string of the molecule is OB(O)c1ccc(Cn2cnc3cncc(Cl)c32)cc1. The molecule has 0 fully saturated rings. The van der Waals surface area contributed by atoms with Crippen molar-refractivity contribution in [3.63, 3.8) is 0 Å². The summed E-state index contributed by atoms with van der Waals surface area (Å²) in [4.78, 5) is 8.26. The summed E-state index contributed by atoms with van der Waals surface area (Å²) in [6.07, 6.45) is 4.98. The summed E-state index contributed by atoms with van der Waals surface area (Å²) < 4.78 is 1.93. The maximum Gasteiger partial charge on any atom is 0.488 e. The summed E-state index contributed by atoms with van der Waals surface area (Å²) in [7, 11) is -1.45. The summed E-state index contributed by atoms with van der Waals surface area (Å²) in [6.45, 7) is 0.599. The highest BCUT2D eigenvalue weighted by molar-refractivity contribution is 6.58. The van der Waals surface area contributed by atoms with Gasteiger partial charge in [-0.1, -0.05) is 35.9 Å². The number of rotatable bonds is 3. The Labute approximate surface area is 120 Å². The van der Waals surface area contributed by atoms with Crippen LogP contribution in [0.2, 0.25) is 5.02 Å². The average molecular weight is 288 g/mol. The van der Waals surface area contributed by atoms with Crippen LogP contribution in [0.3, 0.4) is 0 Å². The molecule has 0 aliphatic rings. The van der Waals surface area contributed by atoms with Crippen LogP contribution in [-0.4, -0.2) is 31.7 Å². The smallest absolute Gasteiger partial charge is 0.423 e. The first kappa shape index (κ1) is 13.1. The van der Waals surface area contributed by atoms with Crippen molar-refractivity contribution in [1.82, 2.24) is 14.5 Å². The molecule has 2 aromatic heterocycles. The number of halogens is 1. The lowest BCUT2D eigenvalue weighted by Crippen LogP contribution is -2.29. The van der Waals surface area contributed by atoms with Crippen LogP contribution in [0.5, 0.6) is 0 Å². The zero-order valence-electron chi connectivity index (χ0n) is 10.4. The van der Waals surface area contributed by atoms with Crippen LogP contribution in [0.1, 0.15) is 5.56 Å². The number of fused-ring (bicyclic) bond motifs is 1. The highest BCUT2D eigenvalue weighted by Gasteiger charge is 2.11. The van der Waals surface area contributed by atoms with E-state index in [-0.39, 0.29) is 0 Å². The summed E-state index contributed by atoms with van der Waals surface area (Å²) in [6, 6.07) is 7.05. The number of benzene rings is 1. The van der Waals surface area contributed by atoms with E-state index in [4.69, 9.17) is 21.6 Å². The Bertz CT molecular complexity index is 743. The fraction of sp³-hybridized carbons (Fsp3) is 0.0769. The Morgan fingerprint density at radius 1 is 1.15 bits per heavy atom. The molecule has 0 atom stereocenters. The van der Waals surface area contributed by atoms with Gasteiger partial charge in [-0.25, -0.2) is 4.98 Å². The van der Waals surface area contributed by atoms with Crippen LogP contribution >= 0.6 is 11.6 Å². The Hall–Kier alpha value is -1.89. The third kappa shape index (κ3) is 2.41. The lowest BCUT2D eigenvalue weighted by Gasteiger charge is -2.06. The average Bonchev–Trinajstić information content (AvgIpc) is 2.84. The molecule has 1 aromatic carbocycles. The standard InChI is InChI=1S/C13H11BClN3O2/c15-11-5-16-6-12-13(11)18(8-17-12)7-9-1-3-10(4-2-9)14(19)20/h1-6,8,19-20H,7H2.